The van der Waals surface area contributed by atoms with E-state index in [0.29, 0.717) is 31.7 Å². The van der Waals surface area contributed by atoms with E-state index in [2.05, 4.69) is 34.2 Å². The first-order valence-electron chi connectivity index (χ1n) is 9.16. The minimum absolute atomic E-state index is 0.0118. The van der Waals surface area contributed by atoms with Gasteiger partial charge in [-0.3, -0.25) is 9.59 Å². The summed E-state index contributed by atoms with van der Waals surface area (Å²) in [5.74, 6) is -0.254. The number of ether oxygens (including phenoxy) is 1. The van der Waals surface area contributed by atoms with Gasteiger partial charge in [-0.1, -0.05) is 11.6 Å². The van der Waals surface area contributed by atoms with Crippen molar-refractivity contribution in [2.75, 3.05) is 31.6 Å². The second kappa shape index (κ2) is 11.6. The normalized spacial score (nSPS) is 11.4. The van der Waals surface area contributed by atoms with Crippen LogP contribution in [0.15, 0.2) is 43.5 Å². The van der Waals surface area contributed by atoms with Gasteiger partial charge in [-0.25, -0.2) is 9.07 Å². The molecule has 1 aromatic heterocycles. The molecule has 2 heterocycles. The first-order chi connectivity index (χ1) is 14.5. The van der Waals surface area contributed by atoms with E-state index in [-0.39, 0.29) is 29.2 Å². The van der Waals surface area contributed by atoms with Crippen molar-refractivity contribution in [1.29, 1.82) is 0 Å². The Morgan fingerprint density at radius 3 is 2.77 bits per heavy atom. The van der Waals surface area contributed by atoms with Crippen LogP contribution in [0.2, 0.25) is 5.02 Å². The van der Waals surface area contributed by atoms with Crippen LogP contribution in [-0.4, -0.2) is 47.8 Å². The van der Waals surface area contributed by atoms with Crippen molar-refractivity contribution in [1.82, 2.24) is 20.4 Å². The van der Waals surface area contributed by atoms with Gasteiger partial charge in [-0.2, -0.15) is 5.10 Å². The summed E-state index contributed by atoms with van der Waals surface area (Å²) in [5.41, 5.74) is 0.321. The molecular formula is C20H23ClFN5O3. The molecule has 0 spiro atoms. The largest absolute Gasteiger partial charge is 0.484 e. The van der Waals surface area contributed by atoms with Crippen molar-refractivity contribution in [2.45, 2.75) is 6.42 Å². The molecule has 2 aromatic rings. The highest BCUT2D eigenvalue weighted by Crippen LogP contribution is 2.20. The van der Waals surface area contributed by atoms with Gasteiger partial charge in [0.05, 0.1) is 5.02 Å². The standard InChI is InChI=1S/C18H19ClFN5O3.C2H4/c19-13-4-3-12(9-14(13)20)28-11-17(26)22-5-1-6-23-18(27)15-10-16-21-7-2-8-25(16)24-15;1-2/h2-4,8-10,21H,1,5-7,11H2,(H,22,26)(H,23,27);1-2H2. The number of rotatable bonds is 8. The van der Waals surface area contributed by atoms with Crippen LogP contribution >= 0.6 is 11.6 Å². The maximum atomic E-state index is 13.3. The highest BCUT2D eigenvalue weighted by atomic mass is 35.5. The Labute approximate surface area is 178 Å². The van der Waals surface area contributed by atoms with E-state index in [0.717, 1.165) is 11.9 Å². The number of carbonyl (C=O) groups excluding carboxylic acids is 2. The van der Waals surface area contributed by atoms with Gasteiger partial charge in [0.2, 0.25) is 0 Å². The number of halogens is 2. The predicted molar refractivity (Wildman–Crippen MR) is 114 cm³/mol. The van der Waals surface area contributed by atoms with Gasteiger partial charge in [-0.05, 0) is 24.6 Å². The van der Waals surface area contributed by atoms with Crippen LogP contribution in [0, 0.1) is 5.82 Å². The first kappa shape index (κ1) is 23.0. The second-order valence-corrected chi connectivity index (χ2v) is 6.36. The molecule has 0 unspecified atom stereocenters. The summed E-state index contributed by atoms with van der Waals surface area (Å²) < 4.78 is 20.1. The van der Waals surface area contributed by atoms with Crippen molar-refractivity contribution in [3.63, 3.8) is 0 Å². The van der Waals surface area contributed by atoms with Crippen LogP contribution in [0.25, 0.3) is 6.20 Å². The van der Waals surface area contributed by atoms with E-state index < -0.39 is 5.82 Å². The number of nitrogens with zero attached hydrogens (tertiary/aromatic N) is 2. The highest BCUT2D eigenvalue weighted by molar-refractivity contribution is 6.30. The third kappa shape index (κ3) is 6.63. The molecule has 8 nitrogen and oxygen atoms in total. The Balaban J connectivity index is 0.00000155. The maximum Gasteiger partial charge on any atom is 0.271 e. The quantitative estimate of drug-likeness (QED) is 0.437. The van der Waals surface area contributed by atoms with Crippen LogP contribution in [-0.2, 0) is 4.79 Å². The second-order valence-electron chi connectivity index (χ2n) is 5.95. The molecule has 2 amide bonds. The Bertz CT molecular complexity index is 916. The Morgan fingerprint density at radius 1 is 1.27 bits per heavy atom. The molecule has 160 valence electrons. The average molecular weight is 436 g/mol. The number of nitrogens with one attached hydrogen (secondary N) is 3. The van der Waals surface area contributed by atoms with E-state index in [4.69, 9.17) is 16.3 Å². The van der Waals surface area contributed by atoms with E-state index in [1.54, 1.807) is 16.9 Å². The third-order valence-electron chi connectivity index (χ3n) is 3.84. The molecule has 3 N–H and O–H groups in total. The summed E-state index contributed by atoms with van der Waals surface area (Å²) >= 11 is 5.58. The zero-order valence-corrected chi connectivity index (χ0v) is 17.0. The van der Waals surface area contributed by atoms with Gasteiger partial charge in [0.25, 0.3) is 11.8 Å². The summed E-state index contributed by atoms with van der Waals surface area (Å²) in [7, 11) is 0. The number of carbonyl (C=O) groups is 2. The van der Waals surface area contributed by atoms with Gasteiger partial charge < -0.3 is 20.7 Å². The average Bonchev–Trinajstić information content (AvgIpc) is 3.20. The van der Waals surface area contributed by atoms with Gasteiger partial charge in [-0.15, -0.1) is 13.2 Å². The number of benzene rings is 1. The number of amides is 2. The Morgan fingerprint density at radius 2 is 2.03 bits per heavy atom. The molecule has 30 heavy (non-hydrogen) atoms. The molecule has 0 fully saturated rings. The van der Waals surface area contributed by atoms with Gasteiger partial charge in [0.15, 0.2) is 12.3 Å². The highest BCUT2D eigenvalue weighted by Gasteiger charge is 2.14. The smallest absolute Gasteiger partial charge is 0.271 e. The van der Waals surface area contributed by atoms with E-state index in [9.17, 15) is 14.0 Å². The summed E-state index contributed by atoms with van der Waals surface area (Å²) in [6, 6.07) is 5.63. The third-order valence-corrected chi connectivity index (χ3v) is 4.14. The minimum Gasteiger partial charge on any atom is -0.484 e. The molecule has 10 heteroatoms. The van der Waals surface area contributed by atoms with Crippen LogP contribution in [0.3, 0.4) is 0 Å². The van der Waals surface area contributed by atoms with Gasteiger partial charge in [0, 0.05) is 38.0 Å². The predicted octanol–water partition coefficient (Wildman–Crippen LogP) is 2.69. The van der Waals surface area contributed by atoms with Crippen molar-refractivity contribution in [3.8, 4) is 5.75 Å². The SMILES string of the molecule is C=C.O=C(COc1ccc(Cl)c(F)c1)NCCCNC(=O)c1cc2n(n1)C=CCN2. The fourth-order valence-electron chi connectivity index (χ4n) is 2.44. The minimum atomic E-state index is -0.610. The number of hydrogen-bond donors (Lipinski definition) is 3. The number of anilines is 1. The van der Waals surface area contributed by atoms with Crippen molar-refractivity contribution in [3.05, 3.63) is 60.0 Å². The lowest BCUT2D eigenvalue weighted by molar-refractivity contribution is -0.123. The van der Waals surface area contributed by atoms with Crippen molar-refractivity contribution in [2.24, 2.45) is 0 Å². The number of fused-ring (bicyclic) bond motifs is 1. The zero-order chi connectivity index (χ0) is 21.9. The first-order valence-corrected chi connectivity index (χ1v) is 9.53. The lowest BCUT2D eigenvalue weighted by Gasteiger charge is -2.08. The van der Waals surface area contributed by atoms with Crippen LogP contribution in [0.4, 0.5) is 10.2 Å². The fourth-order valence-corrected chi connectivity index (χ4v) is 2.56. The molecule has 0 aliphatic carbocycles. The molecule has 1 aliphatic rings. The summed E-state index contributed by atoms with van der Waals surface area (Å²) in [6.07, 6.45) is 4.23. The molecule has 0 bridgehead atoms. The van der Waals surface area contributed by atoms with Crippen molar-refractivity contribution >= 4 is 35.4 Å². The summed E-state index contributed by atoms with van der Waals surface area (Å²) in [6.45, 7) is 7.20. The molecule has 0 saturated heterocycles. The summed E-state index contributed by atoms with van der Waals surface area (Å²) in [4.78, 5) is 23.8. The number of hydrogen-bond acceptors (Lipinski definition) is 5. The fraction of sp³-hybridized carbons (Fsp3) is 0.250. The molecule has 3 rings (SSSR count). The molecule has 0 saturated carbocycles. The van der Waals surface area contributed by atoms with Crippen LogP contribution in [0.1, 0.15) is 16.9 Å². The summed E-state index contributed by atoms with van der Waals surface area (Å²) in [5, 5.41) is 12.7. The van der Waals surface area contributed by atoms with Crippen LogP contribution < -0.4 is 20.7 Å². The van der Waals surface area contributed by atoms with E-state index >= 15 is 0 Å². The molecule has 1 aliphatic heterocycles. The van der Waals surface area contributed by atoms with Gasteiger partial charge >= 0.3 is 0 Å². The van der Waals surface area contributed by atoms with E-state index in [1.165, 1.54) is 12.1 Å². The monoisotopic (exact) mass is 435 g/mol. The lowest BCUT2D eigenvalue weighted by atomic mass is 10.3. The number of aromatic nitrogens is 2. The van der Waals surface area contributed by atoms with Gasteiger partial charge in [0.1, 0.15) is 17.4 Å². The van der Waals surface area contributed by atoms with E-state index in [1.807, 2.05) is 6.08 Å². The van der Waals surface area contributed by atoms with Crippen LogP contribution in [0.5, 0.6) is 5.75 Å². The van der Waals surface area contributed by atoms with Crippen molar-refractivity contribution < 1.29 is 18.7 Å². The Hall–Kier alpha value is -3.33. The topological polar surface area (TPSA) is 97.3 Å². The molecular weight excluding hydrogens is 413 g/mol. The molecule has 1 aromatic carbocycles. The lowest BCUT2D eigenvalue weighted by Crippen LogP contribution is -2.32. The zero-order valence-electron chi connectivity index (χ0n) is 16.3. The molecule has 0 atom stereocenters. The maximum absolute atomic E-state index is 13.3. The Kier molecular flexibility index (Phi) is 8.89. The molecule has 0 radical (unpaired) electrons.